The molecule has 1 aliphatic rings. The first kappa shape index (κ1) is 17.0. The Morgan fingerprint density at radius 2 is 1.88 bits per heavy atom. The molecule has 0 saturated carbocycles. The molecule has 2 aromatic rings. The fraction of sp³-hybridized carbons (Fsp3) is 0.350. The van der Waals surface area contributed by atoms with Crippen molar-refractivity contribution in [2.75, 3.05) is 25.5 Å². The molecule has 1 aliphatic heterocycles. The molecule has 0 radical (unpaired) electrons. The van der Waals surface area contributed by atoms with Gasteiger partial charge in [0.25, 0.3) is 0 Å². The maximum absolute atomic E-state index is 13.3. The van der Waals surface area contributed by atoms with E-state index in [2.05, 4.69) is 22.8 Å². The highest BCUT2D eigenvalue weighted by atomic mass is 35.5. The number of hydrogen-bond acceptors (Lipinski definition) is 3. The standard InChI is InChI=1S/C20H23ClN2O/c1-22-16-7-8-17(18(21)13-16)20(24)19(14-5-3-2-4-6-14)15-9-11-23-12-10-15/h2-8,13,15,19,22-23H,9-12H2,1H3. The van der Waals surface area contributed by atoms with Crippen LogP contribution < -0.4 is 10.6 Å². The van der Waals surface area contributed by atoms with E-state index in [4.69, 9.17) is 11.6 Å². The number of rotatable bonds is 5. The highest BCUT2D eigenvalue weighted by Gasteiger charge is 2.32. The lowest BCUT2D eigenvalue weighted by atomic mass is 9.76. The molecule has 1 saturated heterocycles. The summed E-state index contributed by atoms with van der Waals surface area (Å²) in [5, 5.41) is 6.95. The molecule has 3 rings (SSSR count). The van der Waals surface area contributed by atoms with Gasteiger partial charge in [0.2, 0.25) is 0 Å². The lowest BCUT2D eigenvalue weighted by molar-refractivity contribution is 0.0916. The van der Waals surface area contributed by atoms with Gasteiger partial charge in [0, 0.05) is 18.3 Å². The molecule has 2 N–H and O–H groups in total. The molecule has 126 valence electrons. The first-order chi connectivity index (χ1) is 11.7. The molecule has 4 heteroatoms. The molecule has 1 atom stereocenters. The van der Waals surface area contributed by atoms with Gasteiger partial charge in [0.05, 0.1) is 10.9 Å². The summed E-state index contributed by atoms with van der Waals surface area (Å²) in [7, 11) is 1.84. The molecule has 1 fully saturated rings. The minimum atomic E-state index is -0.133. The molecule has 1 heterocycles. The molecule has 3 nitrogen and oxygen atoms in total. The van der Waals surface area contributed by atoms with Crippen LogP contribution in [0.25, 0.3) is 0 Å². The van der Waals surface area contributed by atoms with Crippen molar-refractivity contribution in [2.45, 2.75) is 18.8 Å². The number of ketones is 1. The SMILES string of the molecule is CNc1ccc(C(=O)C(c2ccccc2)C2CCNCC2)c(Cl)c1. The number of benzene rings is 2. The highest BCUT2D eigenvalue weighted by molar-refractivity contribution is 6.34. The summed E-state index contributed by atoms with van der Waals surface area (Å²) in [5.41, 5.74) is 2.61. The number of Topliss-reactive ketones (excluding diaryl/α,β-unsaturated/α-hetero) is 1. The van der Waals surface area contributed by atoms with Gasteiger partial charge in [-0.1, -0.05) is 41.9 Å². The van der Waals surface area contributed by atoms with Crippen LogP contribution in [0.4, 0.5) is 5.69 Å². The van der Waals surface area contributed by atoms with Crippen LogP contribution >= 0.6 is 11.6 Å². The van der Waals surface area contributed by atoms with E-state index in [1.165, 1.54) is 0 Å². The van der Waals surface area contributed by atoms with E-state index < -0.39 is 0 Å². The van der Waals surface area contributed by atoms with Crippen molar-refractivity contribution in [3.05, 3.63) is 64.7 Å². The molecule has 2 aromatic carbocycles. The molecule has 0 aliphatic carbocycles. The van der Waals surface area contributed by atoms with Gasteiger partial charge in [-0.3, -0.25) is 4.79 Å². The monoisotopic (exact) mass is 342 g/mol. The maximum Gasteiger partial charge on any atom is 0.172 e. The number of nitrogens with one attached hydrogen (secondary N) is 2. The topological polar surface area (TPSA) is 41.1 Å². The van der Waals surface area contributed by atoms with Crippen molar-refractivity contribution in [3.63, 3.8) is 0 Å². The van der Waals surface area contributed by atoms with Crippen LogP contribution in [0.5, 0.6) is 0 Å². The zero-order valence-corrected chi connectivity index (χ0v) is 14.6. The molecule has 0 amide bonds. The molecule has 0 bridgehead atoms. The first-order valence-electron chi connectivity index (χ1n) is 8.48. The molecular weight excluding hydrogens is 320 g/mol. The number of hydrogen-bond donors (Lipinski definition) is 2. The molecular formula is C20H23ClN2O. The Labute approximate surface area is 148 Å². The Morgan fingerprint density at radius 1 is 1.17 bits per heavy atom. The maximum atomic E-state index is 13.3. The van der Waals surface area contributed by atoms with Gasteiger partial charge in [0.15, 0.2) is 5.78 Å². The summed E-state index contributed by atoms with van der Waals surface area (Å²) in [6.07, 6.45) is 2.02. The Kier molecular flexibility index (Phi) is 5.54. The fourth-order valence-electron chi connectivity index (χ4n) is 3.51. The average molecular weight is 343 g/mol. The fourth-order valence-corrected chi connectivity index (χ4v) is 3.79. The predicted molar refractivity (Wildman–Crippen MR) is 100 cm³/mol. The lowest BCUT2D eigenvalue weighted by Gasteiger charge is -2.30. The zero-order valence-electron chi connectivity index (χ0n) is 13.9. The van der Waals surface area contributed by atoms with Gasteiger partial charge >= 0.3 is 0 Å². The predicted octanol–water partition coefficient (Wildman–Crippen LogP) is 4.35. The van der Waals surface area contributed by atoms with E-state index in [0.717, 1.165) is 37.2 Å². The highest BCUT2D eigenvalue weighted by Crippen LogP contribution is 2.36. The van der Waals surface area contributed by atoms with E-state index in [1.54, 1.807) is 0 Å². The minimum absolute atomic E-state index is 0.126. The summed E-state index contributed by atoms with van der Waals surface area (Å²) < 4.78 is 0. The molecule has 24 heavy (non-hydrogen) atoms. The minimum Gasteiger partial charge on any atom is -0.388 e. The van der Waals surface area contributed by atoms with Crippen LogP contribution in [0, 0.1) is 5.92 Å². The van der Waals surface area contributed by atoms with Gasteiger partial charge in [-0.2, -0.15) is 0 Å². The van der Waals surface area contributed by atoms with E-state index >= 15 is 0 Å². The van der Waals surface area contributed by atoms with Crippen molar-refractivity contribution >= 4 is 23.1 Å². The lowest BCUT2D eigenvalue weighted by Crippen LogP contribution is -2.33. The number of piperidine rings is 1. The summed E-state index contributed by atoms with van der Waals surface area (Å²) in [6, 6.07) is 15.7. The summed E-state index contributed by atoms with van der Waals surface area (Å²) in [6.45, 7) is 1.93. The van der Waals surface area contributed by atoms with Crippen LogP contribution in [-0.4, -0.2) is 25.9 Å². The largest absolute Gasteiger partial charge is 0.388 e. The second-order valence-corrected chi connectivity index (χ2v) is 6.69. The Hall–Kier alpha value is -1.84. The molecule has 0 spiro atoms. The van der Waals surface area contributed by atoms with Crippen molar-refractivity contribution in [1.29, 1.82) is 0 Å². The van der Waals surface area contributed by atoms with Crippen molar-refractivity contribution < 1.29 is 4.79 Å². The van der Waals surface area contributed by atoms with E-state index in [-0.39, 0.29) is 11.7 Å². The number of halogens is 1. The molecule has 1 unspecified atom stereocenters. The third-order valence-electron chi connectivity index (χ3n) is 4.82. The second kappa shape index (κ2) is 7.82. The van der Waals surface area contributed by atoms with Crippen molar-refractivity contribution in [1.82, 2.24) is 5.32 Å². The van der Waals surface area contributed by atoms with Gasteiger partial charge in [0.1, 0.15) is 0 Å². The van der Waals surface area contributed by atoms with Crippen molar-refractivity contribution in [2.24, 2.45) is 5.92 Å². The Balaban J connectivity index is 1.97. The third-order valence-corrected chi connectivity index (χ3v) is 5.13. The summed E-state index contributed by atoms with van der Waals surface area (Å²) in [5.74, 6) is 0.341. The van der Waals surface area contributed by atoms with Gasteiger partial charge in [-0.05, 0) is 55.6 Å². The quantitative estimate of drug-likeness (QED) is 0.794. The Bertz CT molecular complexity index is 696. The third kappa shape index (κ3) is 3.63. The number of anilines is 1. The second-order valence-electron chi connectivity index (χ2n) is 6.28. The van der Waals surface area contributed by atoms with Crippen LogP contribution in [0.2, 0.25) is 5.02 Å². The van der Waals surface area contributed by atoms with Gasteiger partial charge in [-0.25, -0.2) is 0 Å². The van der Waals surface area contributed by atoms with Crippen LogP contribution in [-0.2, 0) is 0 Å². The van der Waals surface area contributed by atoms with E-state index in [9.17, 15) is 4.79 Å². The van der Waals surface area contributed by atoms with E-state index in [1.807, 2.05) is 43.4 Å². The smallest absolute Gasteiger partial charge is 0.172 e. The van der Waals surface area contributed by atoms with Gasteiger partial charge < -0.3 is 10.6 Å². The number of carbonyl (C=O) groups excluding carboxylic acids is 1. The average Bonchev–Trinajstić information content (AvgIpc) is 2.63. The normalized spacial score (nSPS) is 16.6. The van der Waals surface area contributed by atoms with E-state index in [0.29, 0.717) is 16.5 Å². The zero-order chi connectivity index (χ0) is 16.9. The van der Waals surface area contributed by atoms with Crippen LogP contribution in [0.3, 0.4) is 0 Å². The summed E-state index contributed by atoms with van der Waals surface area (Å²) >= 11 is 6.40. The Morgan fingerprint density at radius 3 is 2.50 bits per heavy atom. The summed E-state index contributed by atoms with van der Waals surface area (Å²) in [4.78, 5) is 13.3. The molecule has 0 aromatic heterocycles. The van der Waals surface area contributed by atoms with Crippen LogP contribution in [0.15, 0.2) is 48.5 Å². The van der Waals surface area contributed by atoms with Crippen LogP contribution in [0.1, 0.15) is 34.7 Å². The number of carbonyl (C=O) groups is 1. The van der Waals surface area contributed by atoms with Crippen molar-refractivity contribution in [3.8, 4) is 0 Å². The first-order valence-corrected chi connectivity index (χ1v) is 8.85. The van der Waals surface area contributed by atoms with Gasteiger partial charge in [-0.15, -0.1) is 0 Å².